The van der Waals surface area contributed by atoms with Gasteiger partial charge in [-0.3, -0.25) is 4.79 Å². The molecule has 3 N–H and O–H groups in total. The molecule has 32 heavy (non-hydrogen) atoms. The van der Waals surface area contributed by atoms with E-state index in [2.05, 4.69) is 35.8 Å². The molecule has 2 aromatic heterocycles. The first-order valence-corrected chi connectivity index (χ1v) is 10.3. The number of nitrogens with zero attached hydrogens (tertiary/aromatic N) is 6. The fourth-order valence-electron chi connectivity index (χ4n) is 2.73. The lowest BCUT2D eigenvalue weighted by Crippen LogP contribution is -2.21. The predicted molar refractivity (Wildman–Crippen MR) is 116 cm³/mol. The molecule has 0 atom stereocenters. The Morgan fingerprint density at radius 3 is 2.62 bits per heavy atom. The summed E-state index contributed by atoms with van der Waals surface area (Å²) in [6.07, 6.45) is 0. The van der Waals surface area contributed by atoms with Crippen LogP contribution in [-0.4, -0.2) is 36.9 Å². The molecule has 0 saturated carbocycles. The van der Waals surface area contributed by atoms with Crippen LogP contribution >= 0.6 is 11.8 Å². The number of amides is 1. The molecule has 0 aliphatic heterocycles. The fourth-order valence-corrected chi connectivity index (χ4v) is 3.64. The van der Waals surface area contributed by atoms with Gasteiger partial charge in [-0.15, -0.1) is 16.9 Å². The number of benzene rings is 2. The maximum Gasteiger partial charge on any atom is 0.293 e. The first kappa shape index (κ1) is 21.2. The summed E-state index contributed by atoms with van der Waals surface area (Å²) in [6.45, 7) is 1.69. The zero-order chi connectivity index (χ0) is 22.5. The number of aromatic nitrogens is 5. The average molecular weight is 452 g/mol. The minimum absolute atomic E-state index is 0.0120. The summed E-state index contributed by atoms with van der Waals surface area (Å²) in [5, 5.41) is 19.4. The van der Waals surface area contributed by atoms with Gasteiger partial charge in [0.05, 0.1) is 11.4 Å². The van der Waals surface area contributed by atoms with E-state index in [4.69, 9.17) is 5.73 Å². The second kappa shape index (κ2) is 9.39. The minimum atomic E-state index is -0.573. The molecule has 162 valence electrons. The van der Waals surface area contributed by atoms with Gasteiger partial charge in [-0.1, -0.05) is 35.5 Å². The van der Waals surface area contributed by atoms with Gasteiger partial charge in [0, 0.05) is 10.6 Å². The Morgan fingerprint density at radius 2 is 1.94 bits per heavy atom. The van der Waals surface area contributed by atoms with Crippen LogP contribution in [0.1, 0.15) is 28.7 Å². The number of halogens is 1. The van der Waals surface area contributed by atoms with Crippen molar-refractivity contribution in [2.45, 2.75) is 17.6 Å². The molecule has 0 aliphatic carbocycles. The number of carbonyl (C=O) groups is 1. The lowest BCUT2D eigenvalue weighted by atomic mass is 10.1. The van der Waals surface area contributed by atoms with Crippen LogP contribution in [0.3, 0.4) is 0 Å². The maximum atomic E-state index is 13.1. The van der Waals surface area contributed by atoms with Gasteiger partial charge in [-0.25, -0.2) is 14.4 Å². The Hall–Kier alpha value is -4.06. The van der Waals surface area contributed by atoms with Crippen LogP contribution in [0, 0.1) is 5.82 Å². The van der Waals surface area contributed by atoms with Crippen LogP contribution in [0.2, 0.25) is 0 Å². The van der Waals surface area contributed by atoms with Crippen molar-refractivity contribution in [3.05, 3.63) is 77.4 Å². The topological polar surface area (TPSA) is 137 Å². The highest BCUT2D eigenvalue weighted by molar-refractivity contribution is 7.98. The van der Waals surface area contributed by atoms with Gasteiger partial charge in [0.1, 0.15) is 5.82 Å². The number of nitrogens with two attached hydrogens (primary N) is 1. The first-order chi connectivity index (χ1) is 15.5. The van der Waals surface area contributed by atoms with Crippen LogP contribution in [0.15, 0.2) is 69.2 Å². The zero-order valence-electron chi connectivity index (χ0n) is 16.8. The number of hydrogen-bond acceptors (Lipinski definition) is 9. The molecule has 0 aliphatic rings. The fraction of sp³-hybridized carbons (Fsp3) is 0.100. The number of carbonyl (C=O) groups excluding carboxylic acids is 1. The molecule has 0 unspecified atom stereocenters. The van der Waals surface area contributed by atoms with E-state index >= 15 is 0 Å². The highest BCUT2D eigenvalue weighted by Gasteiger charge is 2.24. The third-order valence-electron chi connectivity index (χ3n) is 4.38. The van der Waals surface area contributed by atoms with E-state index in [-0.39, 0.29) is 23.1 Å². The number of nitrogens with one attached hydrogen (secondary N) is 1. The number of rotatable bonds is 7. The van der Waals surface area contributed by atoms with Crippen molar-refractivity contribution < 1.29 is 13.8 Å². The third kappa shape index (κ3) is 4.64. The number of anilines is 1. The van der Waals surface area contributed by atoms with Crippen molar-refractivity contribution in [2.24, 2.45) is 5.10 Å². The van der Waals surface area contributed by atoms with Crippen molar-refractivity contribution in [1.82, 2.24) is 30.7 Å². The summed E-state index contributed by atoms with van der Waals surface area (Å²) in [4.78, 5) is 13.8. The molecule has 0 spiro atoms. The van der Waals surface area contributed by atoms with Crippen LogP contribution in [0.25, 0.3) is 5.82 Å². The van der Waals surface area contributed by atoms with Gasteiger partial charge >= 0.3 is 0 Å². The predicted octanol–water partition coefficient (Wildman–Crippen LogP) is 2.82. The minimum Gasteiger partial charge on any atom is -0.378 e. The Labute approximate surface area is 185 Å². The molecule has 2 aromatic carbocycles. The average Bonchev–Trinajstić information content (AvgIpc) is 3.42. The monoisotopic (exact) mass is 452 g/mol. The molecule has 0 radical (unpaired) electrons. The molecular formula is C20H17FN8O2S. The first-order valence-electron chi connectivity index (χ1n) is 9.34. The van der Waals surface area contributed by atoms with E-state index in [1.807, 2.05) is 30.3 Å². The Bertz CT molecular complexity index is 1250. The van der Waals surface area contributed by atoms with E-state index in [0.717, 1.165) is 4.90 Å². The van der Waals surface area contributed by atoms with Crippen molar-refractivity contribution in [1.29, 1.82) is 0 Å². The van der Waals surface area contributed by atoms with Crippen LogP contribution in [0.4, 0.5) is 10.2 Å². The number of nitrogen functional groups attached to an aromatic ring is 1. The van der Waals surface area contributed by atoms with E-state index in [9.17, 15) is 9.18 Å². The lowest BCUT2D eigenvalue weighted by molar-refractivity contribution is 0.0949. The van der Waals surface area contributed by atoms with Crippen LogP contribution in [0.5, 0.6) is 0 Å². The summed E-state index contributed by atoms with van der Waals surface area (Å²) in [6, 6.07) is 15.4. The largest absolute Gasteiger partial charge is 0.378 e. The molecule has 10 nitrogen and oxygen atoms in total. The smallest absolute Gasteiger partial charge is 0.293 e. The Balaban J connectivity index is 1.60. The Morgan fingerprint density at radius 1 is 1.19 bits per heavy atom. The van der Waals surface area contributed by atoms with Gasteiger partial charge < -0.3 is 5.73 Å². The molecule has 2 heterocycles. The third-order valence-corrected chi connectivity index (χ3v) is 5.40. The summed E-state index contributed by atoms with van der Waals surface area (Å²) >= 11 is 1.48. The van der Waals surface area contributed by atoms with Crippen molar-refractivity contribution in [3.8, 4) is 5.82 Å². The van der Waals surface area contributed by atoms with Crippen LogP contribution < -0.4 is 11.2 Å². The standard InChI is InChI=1S/C20H17FN8O2S/c1-12(13-7-9-14(21)10-8-13)23-25-20(30)17-16(11-32-15-5-3-2-4-6-15)29(28-24-17)19-18(22)26-31-27-19/h2-10H,11H2,1H3,(H2,22,26)(H,25,30)/b23-12-. The quantitative estimate of drug-likeness (QED) is 0.248. The van der Waals surface area contributed by atoms with E-state index in [1.165, 1.54) is 28.6 Å². The second-order valence-corrected chi connectivity index (χ2v) is 7.57. The second-order valence-electron chi connectivity index (χ2n) is 6.52. The lowest BCUT2D eigenvalue weighted by Gasteiger charge is -2.06. The van der Waals surface area contributed by atoms with Gasteiger partial charge in [0.15, 0.2) is 5.69 Å². The van der Waals surface area contributed by atoms with Crippen molar-refractivity contribution in [3.63, 3.8) is 0 Å². The molecular weight excluding hydrogens is 435 g/mol. The summed E-state index contributed by atoms with van der Waals surface area (Å²) in [5.41, 5.74) is 9.90. The molecule has 12 heteroatoms. The number of thioether (sulfide) groups is 1. The highest BCUT2D eigenvalue weighted by atomic mass is 32.2. The molecule has 0 saturated heterocycles. The number of hydrogen-bond donors (Lipinski definition) is 2. The van der Waals surface area contributed by atoms with Gasteiger partial charge in [0.2, 0.25) is 11.6 Å². The normalized spacial score (nSPS) is 11.5. The Kier molecular flexibility index (Phi) is 6.22. The molecule has 1 amide bonds. The summed E-state index contributed by atoms with van der Waals surface area (Å²) < 4.78 is 19.1. The summed E-state index contributed by atoms with van der Waals surface area (Å²) in [7, 11) is 0. The molecule has 4 rings (SSSR count). The van der Waals surface area contributed by atoms with Crippen molar-refractivity contribution >= 4 is 29.2 Å². The van der Waals surface area contributed by atoms with E-state index in [0.29, 0.717) is 22.7 Å². The SMILES string of the molecule is C/C(=N/NC(=O)c1nnn(-c2nonc2N)c1CSc1ccccc1)c1ccc(F)cc1. The van der Waals surface area contributed by atoms with Crippen molar-refractivity contribution in [2.75, 3.05) is 5.73 Å². The maximum absolute atomic E-state index is 13.1. The molecule has 0 bridgehead atoms. The van der Waals surface area contributed by atoms with E-state index in [1.54, 1.807) is 19.1 Å². The van der Waals surface area contributed by atoms with Gasteiger partial charge in [0.25, 0.3) is 5.91 Å². The van der Waals surface area contributed by atoms with Gasteiger partial charge in [-0.05, 0) is 47.1 Å². The van der Waals surface area contributed by atoms with Gasteiger partial charge in [-0.2, -0.15) is 9.78 Å². The molecule has 0 fully saturated rings. The highest BCUT2D eigenvalue weighted by Crippen LogP contribution is 2.25. The number of hydrazone groups is 1. The van der Waals surface area contributed by atoms with Crippen LogP contribution in [-0.2, 0) is 5.75 Å². The van der Waals surface area contributed by atoms with E-state index < -0.39 is 5.91 Å². The molecule has 4 aromatic rings. The zero-order valence-corrected chi connectivity index (χ0v) is 17.6. The summed E-state index contributed by atoms with van der Waals surface area (Å²) in [5.74, 6) is -0.447.